The van der Waals surface area contributed by atoms with E-state index in [-0.39, 0.29) is 36.6 Å². The summed E-state index contributed by atoms with van der Waals surface area (Å²) in [4.78, 5) is 0. The fourth-order valence-corrected chi connectivity index (χ4v) is 5.61. The third-order valence-corrected chi connectivity index (χ3v) is 7.14. The summed E-state index contributed by atoms with van der Waals surface area (Å²) in [6.45, 7) is 4.48. The van der Waals surface area contributed by atoms with Crippen LogP contribution in [0.2, 0.25) is 0 Å². The molecular weight excluding hydrogens is 373 g/mol. The van der Waals surface area contributed by atoms with Crippen molar-refractivity contribution in [3.8, 4) is 0 Å². The molecule has 4 aliphatic rings. The molecule has 1 aliphatic carbocycles. The van der Waals surface area contributed by atoms with Gasteiger partial charge in [-0.1, -0.05) is 11.6 Å². The first-order valence-corrected chi connectivity index (χ1v) is 11.2. The first kappa shape index (κ1) is 21.6. The Morgan fingerprint density at radius 1 is 1.28 bits per heavy atom. The zero-order valence-corrected chi connectivity index (χ0v) is 17.9. The van der Waals surface area contributed by atoms with Crippen LogP contribution in [0.15, 0.2) is 11.6 Å². The van der Waals surface area contributed by atoms with Crippen molar-refractivity contribution in [2.24, 2.45) is 11.8 Å². The highest BCUT2D eigenvalue weighted by molar-refractivity contribution is 5.19. The topological polar surface area (TPSA) is 78.6 Å². The van der Waals surface area contributed by atoms with Gasteiger partial charge in [0.25, 0.3) is 0 Å². The highest BCUT2D eigenvalue weighted by Crippen LogP contribution is 2.44. The number of ether oxygens (including phenoxy) is 2. The van der Waals surface area contributed by atoms with Gasteiger partial charge in [-0.05, 0) is 45.6 Å². The number of hydrogen-bond acceptors (Lipinski definition) is 7. The number of nitrogens with one attached hydrogen (secondary N) is 5. The summed E-state index contributed by atoms with van der Waals surface area (Å²) in [6, 6.07) is 0.165. The fraction of sp³-hybridized carbons (Fsp3) is 0.905. The minimum absolute atomic E-state index is 0.0128. The van der Waals surface area contributed by atoms with E-state index >= 15 is 4.39 Å². The molecule has 3 aliphatic heterocycles. The van der Waals surface area contributed by atoms with E-state index in [4.69, 9.17) is 9.47 Å². The lowest BCUT2D eigenvalue weighted by Gasteiger charge is -2.45. The number of alkyl halides is 1. The van der Waals surface area contributed by atoms with Crippen LogP contribution in [-0.2, 0) is 9.47 Å². The Labute approximate surface area is 173 Å². The lowest BCUT2D eigenvalue weighted by atomic mass is 9.70. The zero-order chi connectivity index (χ0) is 20.4. The normalized spacial score (nSPS) is 46.1. The molecule has 7 nitrogen and oxygen atoms in total. The Bertz CT molecular complexity index is 579. The van der Waals surface area contributed by atoms with Crippen molar-refractivity contribution in [3.63, 3.8) is 0 Å². The maximum absolute atomic E-state index is 16.0. The van der Waals surface area contributed by atoms with Crippen molar-refractivity contribution in [3.05, 3.63) is 11.6 Å². The van der Waals surface area contributed by atoms with Crippen molar-refractivity contribution >= 4 is 0 Å². The monoisotopic (exact) mass is 411 g/mol. The van der Waals surface area contributed by atoms with Crippen LogP contribution >= 0.6 is 0 Å². The van der Waals surface area contributed by atoms with Crippen molar-refractivity contribution in [1.82, 2.24) is 26.6 Å². The Hall–Kier alpha value is -0.610. The van der Waals surface area contributed by atoms with Crippen LogP contribution in [0.4, 0.5) is 4.39 Å². The molecule has 1 saturated carbocycles. The van der Waals surface area contributed by atoms with Gasteiger partial charge in [-0.25, -0.2) is 4.39 Å². The van der Waals surface area contributed by atoms with Crippen LogP contribution in [0, 0.1) is 11.8 Å². The molecule has 0 aromatic rings. The van der Waals surface area contributed by atoms with E-state index in [2.05, 4.69) is 39.6 Å². The summed E-state index contributed by atoms with van der Waals surface area (Å²) < 4.78 is 27.7. The number of rotatable bonds is 5. The minimum Gasteiger partial charge on any atom is -0.380 e. The molecule has 0 radical (unpaired) electrons. The molecule has 0 aromatic heterocycles. The van der Waals surface area contributed by atoms with E-state index < -0.39 is 6.17 Å². The van der Waals surface area contributed by atoms with Gasteiger partial charge in [-0.15, -0.1) is 0 Å². The van der Waals surface area contributed by atoms with Crippen LogP contribution in [0.1, 0.15) is 32.6 Å². The molecule has 0 spiro atoms. The van der Waals surface area contributed by atoms with Crippen LogP contribution < -0.4 is 26.6 Å². The van der Waals surface area contributed by atoms with E-state index in [1.54, 1.807) is 7.11 Å². The second-order valence-corrected chi connectivity index (χ2v) is 9.11. The van der Waals surface area contributed by atoms with Gasteiger partial charge < -0.3 is 20.1 Å². The second-order valence-electron chi connectivity index (χ2n) is 9.11. The SMILES string of the molecule is CNC1CC(C)NC(NC2CC3CCOC3C(C3=CCNC[C@@H](OC)C3)C2F)N1. The molecular formula is C21H38FN5O2. The second kappa shape index (κ2) is 9.68. The van der Waals surface area contributed by atoms with Gasteiger partial charge in [0.15, 0.2) is 0 Å². The predicted octanol–water partition coefficient (Wildman–Crippen LogP) is 0.443. The lowest BCUT2D eigenvalue weighted by molar-refractivity contribution is -0.0284. The van der Waals surface area contributed by atoms with E-state index in [0.29, 0.717) is 12.0 Å². The lowest BCUT2D eigenvalue weighted by Crippen LogP contribution is -2.69. The van der Waals surface area contributed by atoms with E-state index in [1.807, 2.05) is 7.05 Å². The maximum Gasteiger partial charge on any atom is 0.124 e. The van der Waals surface area contributed by atoms with Gasteiger partial charge in [0.05, 0.1) is 18.4 Å². The summed E-state index contributed by atoms with van der Waals surface area (Å²) in [7, 11) is 3.70. The highest BCUT2D eigenvalue weighted by atomic mass is 19.1. The van der Waals surface area contributed by atoms with E-state index in [0.717, 1.165) is 51.0 Å². The van der Waals surface area contributed by atoms with Gasteiger partial charge >= 0.3 is 0 Å². The van der Waals surface area contributed by atoms with Gasteiger partial charge in [0.1, 0.15) is 12.5 Å². The molecule has 166 valence electrons. The third-order valence-electron chi connectivity index (χ3n) is 7.14. The molecule has 4 rings (SSSR count). The molecule has 3 fully saturated rings. The summed E-state index contributed by atoms with van der Waals surface area (Å²) in [5.74, 6) is 0.205. The third kappa shape index (κ3) is 4.84. The maximum atomic E-state index is 16.0. The zero-order valence-electron chi connectivity index (χ0n) is 17.9. The summed E-state index contributed by atoms with van der Waals surface area (Å²) >= 11 is 0. The van der Waals surface area contributed by atoms with Crippen LogP contribution in [0.5, 0.6) is 0 Å². The van der Waals surface area contributed by atoms with Crippen LogP contribution in [0.25, 0.3) is 0 Å². The van der Waals surface area contributed by atoms with Crippen molar-refractivity contribution in [2.75, 3.05) is 33.9 Å². The first-order chi connectivity index (χ1) is 14.1. The Morgan fingerprint density at radius 3 is 2.93 bits per heavy atom. The van der Waals surface area contributed by atoms with E-state index in [9.17, 15) is 0 Å². The Kier molecular flexibility index (Phi) is 7.22. The molecule has 29 heavy (non-hydrogen) atoms. The molecule has 5 N–H and O–H groups in total. The summed E-state index contributed by atoms with van der Waals surface area (Å²) in [5, 5.41) is 17.3. The van der Waals surface area contributed by atoms with Crippen molar-refractivity contribution in [2.45, 2.75) is 75.5 Å². The quantitative estimate of drug-likeness (QED) is 0.420. The summed E-state index contributed by atoms with van der Waals surface area (Å²) in [5.41, 5.74) is 1.16. The standard InChI is InChI=1S/C21H38FN5O2/c1-12-8-17(23-2)27-21(25-12)26-16-10-14-5-7-29-20(14)18(19(16)22)13-4-6-24-11-15(9-13)28-3/h4,12,14-21,23-27H,5-11H2,1-3H3/t12?,14?,15-,16?,17?,18?,19?,20?,21?/m0/s1. The van der Waals surface area contributed by atoms with E-state index in [1.165, 1.54) is 0 Å². The smallest absolute Gasteiger partial charge is 0.124 e. The molecule has 2 saturated heterocycles. The molecule has 9 atom stereocenters. The van der Waals surface area contributed by atoms with Gasteiger partial charge in [0, 0.05) is 44.8 Å². The summed E-state index contributed by atoms with van der Waals surface area (Å²) in [6.07, 6.45) is 5.00. The van der Waals surface area contributed by atoms with Crippen molar-refractivity contribution in [1.29, 1.82) is 0 Å². The molecule has 3 heterocycles. The van der Waals surface area contributed by atoms with Gasteiger partial charge in [-0.2, -0.15) is 0 Å². The van der Waals surface area contributed by atoms with Crippen LogP contribution in [0.3, 0.4) is 0 Å². The van der Waals surface area contributed by atoms with Gasteiger partial charge in [0.2, 0.25) is 0 Å². The average molecular weight is 412 g/mol. The number of halogens is 1. The molecule has 8 unspecified atom stereocenters. The molecule has 0 bridgehead atoms. The largest absolute Gasteiger partial charge is 0.380 e. The number of hydrogen-bond donors (Lipinski definition) is 5. The molecule has 0 amide bonds. The predicted molar refractivity (Wildman–Crippen MR) is 111 cm³/mol. The Balaban J connectivity index is 1.50. The molecule has 8 heteroatoms. The number of fused-ring (bicyclic) bond motifs is 1. The molecule has 0 aromatic carbocycles. The minimum atomic E-state index is -0.981. The van der Waals surface area contributed by atoms with Crippen molar-refractivity contribution < 1.29 is 13.9 Å². The number of methoxy groups -OCH3 is 1. The fourth-order valence-electron chi connectivity index (χ4n) is 5.61. The Morgan fingerprint density at radius 2 is 2.14 bits per heavy atom. The first-order valence-electron chi connectivity index (χ1n) is 11.2. The highest BCUT2D eigenvalue weighted by Gasteiger charge is 2.50. The van der Waals surface area contributed by atoms with Crippen LogP contribution in [-0.4, -0.2) is 76.8 Å². The van der Waals surface area contributed by atoms with Gasteiger partial charge in [-0.3, -0.25) is 16.0 Å². The average Bonchev–Trinajstić information content (AvgIpc) is 3.03.